The van der Waals surface area contributed by atoms with E-state index >= 15 is 0 Å². The van der Waals surface area contributed by atoms with Gasteiger partial charge in [0.25, 0.3) is 0 Å². The van der Waals surface area contributed by atoms with E-state index < -0.39 is 0 Å². The molecule has 4 aliphatic carbocycles. The molecule has 7 atom stereocenters. The van der Waals surface area contributed by atoms with Crippen molar-refractivity contribution in [2.24, 2.45) is 34.5 Å². The first-order valence-electron chi connectivity index (χ1n) is 10.8. The minimum atomic E-state index is -0.319. The molecular weight excluding hydrogens is 320 g/mol. The summed E-state index contributed by atoms with van der Waals surface area (Å²) in [5.41, 5.74) is 0.284. The zero-order valence-electron chi connectivity index (χ0n) is 16.9. The molecule has 0 aromatic carbocycles. The van der Waals surface area contributed by atoms with Crippen LogP contribution in [0.2, 0.25) is 0 Å². The molecule has 0 saturated heterocycles. The first kappa shape index (κ1) is 18.3. The zero-order chi connectivity index (χ0) is 18.6. The molecule has 0 aliphatic heterocycles. The lowest BCUT2D eigenvalue weighted by Gasteiger charge is -2.60. The van der Waals surface area contributed by atoms with Crippen molar-refractivity contribution in [3.8, 4) is 0 Å². The van der Waals surface area contributed by atoms with Gasteiger partial charge in [-0.25, -0.2) is 0 Å². The number of hydrogen-bond donors (Lipinski definition) is 0. The summed E-state index contributed by atoms with van der Waals surface area (Å²) in [7, 11) is 0. The first-order chi connectivity index (χ1) is 12.4. The lowest BCUT2D eigenvalue weighted by molar-refractivity contribution is -0.185. The highest BCUT2D eigenvalue weighted by atomic mass is 16.6. The SMILES string of the molecule is C=CC[C@@]1(OC(C)=O)CC[C@H]2[C@@H]3CC[C@H]4CC=CC[C@]4(C)[C@H]3CC[C@@]21C. The monoisotopic (exact) mass is 356 g/mol. The first-order valence-corrected chi connectivity index (χ1v) is 10.8. The summed E-state index contributed by atoms with van der Waals surface area (Å²) in [6, 6.07) is 0. The molecule has 0 amide bonds. The smallest absolute Gasteiger partial charge is 0.303 e. The Balaban J connectivity index is 1.66. The lowest BCUT2D eigenvalue weighted by atomic mass is 9.45. The summed E-state index contributed by atoms with van der Waals surface area (Å²) in [4.78, 5) is 12.0. The van der Waals surface area contributed by atoms with Crippen LogP contribution in [0.5, 0.6) is 0 Å². The van der Waals surface area contributed by atoms with E-state index in [0.29, 0.717) is 11.3 Å². The fourth-order valence-corrected chi connectivity index (χ4v) is 7.98. The Kier molecular flexibility index (Phi) is 4.40. The molecule has 2 heteroatoms. The van der Waals surface area contributed by atoms with Crippen molar-refractivity contribution in [1.29, 1.82) is 0 Å². The average molecular weight is 357 g/mol. The molecule has 0 heterocycles. The molecule has 0 aromatic rings. The summed E-state index contributed by atoms with van der Waals surface area (Å²) in [5, 5.41) is 0. The van der Waals surface area contributed by atoms with Crippen LogP contribution in [0.1, 0.15) is 78.6 Å². The van der Waals surface area contributed by atoms with Crippen LogP contribution in [0.15, 0.2) is 24.8 Å². The third-order valence-corrected chi connectivity index (χ3v) is 9.31. The van der Waals surface area contributed by atoms with E-state index in [4.69, 9.17) is 4.74 Å². The van der Waals surface area contributed by atoms with Crippen molar-refractivity contribution in [3.05, 3.63) is 24.8 Å². The second-order valence-electron chi connectivity index (χ2n) is 10.1. The lowest BCUT2D eigenvalue weighted by Crippen LogP contribution is -2.56. The molecule has 0 N–H and O–H groups in total. The van der Waals surface area contributed by atoms with E-state index in [-0.39, 0.29) is 17.0 Å². The molecule has 0 bridgehead atoms. The van der Waals surface area contributed by atoms with Gasteiger partial charge in [-0.2, -0.15) is 0 Å². The molecule has 144 valence electrons. The van der Waals surface area contributed by atoms with Gasteiger partial charge in [0.1, 0.15) is 5.60 Å². The molecule has 0 spiro atoms. The second kappa shape index (κ2) is 6.24. The number of carbonyl (C=O) groups is 1. The van der Waals surface area contributed by atoms with Crippen LogP contribution in [0.3, 0.4) is 0 Å². The van der Waals surface area contributed by atoms with Crippen LogP contribution in [0.25, 0.3) is 0 Å². The number of hydrogen-bond acceptors (Lipinski definition) is 2. The van der Waals surface area contributed by atoms with Gasteiger partial charge in [0.05, 0.1) is 0 Å². The minimum absolute atomic E-state index is 0.113. The number of fused-ring (bicyclic) bond motifs is 5. The molecule has 3 fully saturated rings. The highest BCUT2D eigenvalue weighted by Gasteiger charge is 2.65. The fraction of sp³-hybridized carbons (Fsp3) is 0.792. The van der Waals surface area contributed by atoms with Gasteiger partial charge in [0.2, 0.25) is 0 Å². The van der Waals surface area contributed by atoms with Gasteiger partial charge in [0, 0.05) is 18.8 Å². The van der Waals surface area contributed by atoms with Crippen LogP contribution in [0, 0.1) is 34.5 Å². The van der Waals surface area contributed by atoms with Crippen molar-refractivity contribution < 1.29 is 9.53 Å². The zero-order valence-corrected chi connectivity index (χ0v) is 16.9. The predicted molar refractivity (Wildman–Crippen MR) is 106 cm³/mol. The Morgan fingerprint density at radius 1 is 1.15 bits per heavy atom. The van der Waals surface area contributed by atoms with E-state index in [1.54, 1.807) is 6.92 Å². The van der Waals surface area contributed by atoms with Gasteiger partial charge in [-0.15, -0.1) is 6.58 Å². The molecule has 4 aliphatic rings. The summed E-state index contributed by atoms with van der Waals surface area (Å²) in [5.74, 6) is 3.11. The molecular formula is C24H36O2. The van der Waals surface area contributed by atoms with Gasteiger partial charge in [-0.1, -0.05) is 32.1 Å². The van der Waals surface area contributed by atoms with Gasteiger partial charge < -0.3 is 4.74 Å². The van der Waals surface area contributed by atoms with Gasteiger partial charge in [-0.05, 0) is 80.5 Å². The Bertz CT molecular complexity index is 622. The number of ether oxygens (including phenoxy) is 1. The van der Waals surface area contributed by atoms with E-state index in [1.807, 2.05) is 6.08 Å². The van der Waals surface area contributed by atoms with Gasteiger partial charge in [-0.3, -0.25) is 4.79 Å². The van der Waals surface area contributed by atoms with Crippen LogP contribution >= 0.6 is 0 Å². The number of carbonyl (C=O) groups excluding carboxylic acids is 1. The molecule has 2 nitrogen and oxygen atoms in total. The third kappa shape index (κ3) is 2.39. The Labute approximate surface area is 159 Å². The standard InChI is InChI=1S/C24H36O2/c1-5-13-24(26-17(2)25)16-12-21-19-10-9-18-8-6-7-14-22(18,3)20(19)11-15-23(21,24)4/h5-7,18-21H,1,8-16H2,2-4H3/t18-,19-,20+,21+,22+,23+,24-/m1/s1. The van der Waals surface area contributed by atoms with Crippen LogP contribution in [0.4, 0.5) is 0 Å². The minimum Gasteiger partial charge on any atom is -0.458 e. The molecule has 26 heavy (non-hydrogen) atoms. The van der Waals surface area contributed by atoms with Crippen molar-refractivity contribution in [3.63, 3.8) is 0 Å². The van der Waals surface area contributed by atoms with Gasteiger partial charge >= 0.3 is 5.97 Å². The van der Waals surface area contributed by atoms with Crippen molar-refractivity contribution in [2.45, 2.75) is 84.2 Å². The van der Waals surface area contributed by atoms with Crippen LogP contribution < -0.4 is 0 Å². The predicted octanol–water partition coefficient (Wildman–Crippen LogP) is 6.07. The maximum absolute atomic E-state index is 12.0. The van der Waals surface area contributed by atoms with E-state index in [1.165, 1.54) is 44.9 Å². The topological polar surface area (TPSA) is 26.3 Å². The highest BCUT2D eigenvalue weighted by Crippen LogP contribution is 2.69. The molecule has 0 radical (unpaired) electrons. The summed E-state index contributed by atoms with van der Waals surface area (Å²) < 4.78 is 6.10. The Hall–Kier alpha value is -1.05. The number of esters is 1. The molecule has 4 rings (SSSR count). The fourth-order valence-electron chi connectivity index (χ4n) is 7.98. The van der Waals surface area contributed by atoms with Crippen molar-refractivity contribution >= 4 is 5.97 Å². The molecule has 0 unspecified atom stereocenters. The summed E-state index contributed by atoms with van der Waals surface area (Å²) in [6.07, 6.45) is 17.7. The largest absolute Gasteiger partial charge is 0.458 e. The van der Waals surface area contributed by atoms with Crippen LogP contribution in [-0.4, -0.2) is 11.6 Å². The van der Waals surface area contributed by atoms with Crippen LogP contribution in [-0.2, 0) is 9.53 Å². The molecule has 3 saturated carbocycles. The maximum Gasteiger partial charge on any atom is 0.303 e. The third-order valence-electron chi connectivity index (χ3n) is 9.31. The summed E-state index contributed by atoms with van der Waals surface area (Å²) >= 11 is 0. The van der Waals surface area contributed by atoms with E-state index in [9.17, 15) is 4.79 Å². The Morgan fingerprint density at radius 3 is 2.65 bits per heavy atom. The highest BCUT2D eigenvalue weighted by molar-refractivity contribution is 5.66. The molecule has 0 aromatic heterocycles. The normalized spacial score (nSPS) is 49.7. The van der Waals surface area contributed by atoms with E-state index in [0.717, 1.165) is 30.6 Å². The number of allylic oxidation sites excluding steroid dienone is 2. The second-order valence-corrected chi connectivity index (χ2v) is 10.1. The maximum atomic E-state index is 12.0. The number of rotatable bonds is 3. The van der Waals surface area contributed by atoms with Gasteiger partial charge in [0.15, 0.2) is 0 Å². The van der Waals surface area contributed by atoms with Crippen molar-refractivity contribution in [2.75, 3.05) is 0 Å². The summed E-state index contributed by atoms with van der Waals surface area (Å²) in [6.45, 7) is 10.6. The van der Waals surface area contributed by atoms with E-state index in [2.05, 4.69) is 32.6 Å². The van der Waals surface area contributed by atoms with Crippen molar-refractivity contribution in [1.82, 2.24) is 0 Å². The quantitative estimate of drug-likeness (QED) is 0.453. The average Bonchev–Trinajstić information content (AvgIpc) is 2.87. The Morgan fingerprint density at radius 2 is 1.92 bits per heavy atom.